The highest BCUT2D eigenvalue weighted by Gasteiger charge is 2.22. The van der Waals surface area contributed by atoms with Crippen LogP contribution < -0.4 is 15.0 Å². The summed E-state index contributed by atoms with van der Waals surface area (Å²) in [6.45, 7) is 4.83. The van der Waals surface area contributed by atoms with Crippen LogP contribution in [0.5, 0.6) is 5.75 Å². The standard InChI is InChI=1S/C28H29N7O3S/c1-20-4-3-5-21(18-20)27(37)34-16-14-33(15-17-34)23-8-6-22(7-9-23)29-26(36)19-39-28-30-31-32-35(28)24-10-12-25(38-2)13-11-24/h3-13,18H,14-17,19H2,1-2H3,(H,29,36). The summed E-state index contributed by atoms with van der Waals surface area (Å²) < 4.78 is 6.77. The van der Waals surface area contributed by atoms with Crippen LogP contribution in [0, 0.1) is 6.92 Å². The Morgan fingerprint density at radius 2 is 1.67 bits per heavy atom. The molecule has 0 radical (unpaired) electrons. The number of piperazine rings is 1. The van der Waals surface area contributed by atoms with Gasteiger partial charge in [0, 0.05) is 43.1 Å². The second-order valence-electron chi connectivity index (χ2n) is 9.10. The topological polar surface area (TPSA) is 105 Å². The summed E-state index contributed by atoms with van der Waals surface area (Å²) in [5, 5.41) is 15.3. The van der Waals surface area contributed by atoms with E-state index in [0.717, 1.165) is 41.3 Å². The molecule has 1 N–H and O–H groups in total. The van der Waals surface area contributed by atoms with E-state index < -0.39 is 0 Å². The summed E-state index contributed by atoms with van der Waals surface area (Å²) in [5.41, 5.74) is 4.37. The summed E-state index contributed by atoms with van der Waals surface area (Å²) in [4.78, 5) is 29.6. The number of benzene rings is 3. The molecule has 10 nitrogen and oxygen atoms in total. The van der Waals surface area contributed by atoms with Crippen molar-refractivity contribution in [2.45, 2.75) is 12.1 Å². The molecular formula is C28H29N7O3S. The maximum Gasteiger partial charge on any atom is 0.253 e. The molecule has 1 saturated heterocycles. The van der Waals surface area contributed by atoms with E-state index in [2.05, 4.69) is 25.7 Å². The average molecular weight is 544 g/mol. The zero-order valence-corrected chi connectivity index (χ0v) is 22.6. The Balaban J connectivity index is 1.11. The molecule has 200 valence electrons. The van der Waals surface area contributed by atoms with E-state index in [1.807, 2.05) is 84.6 Å². The third kappa shape index (κ3) is 6.37. The molecule has 0 saturated carbocycles. The quantitative estimate of drug-likeness (QED) is 0.336. The van der Waals surface area contributed by atoms with Crippen molar-refractivity contribution in [3.63, 3.8) is 0 Å². The number of nitrogens with zero attached hydrogens (tertiary/aromatic N) is 6. The number of rotatable bonds is 8. The Morgan fingerprint density at radius 1 is 0.949 bits per heavy atom. The number of ether oxygens (including phenoxy) is 1. The summed E-state index contributed by atoms with van der Waals surface area (Å²) >= 11 is 1.26. The number of nitrogens with one attached hydrogen (secondary N) is 1. The van der Waals surface area contributed by atoms with E-state index in [0.29, 0.717) is 23.9 Å². The van der Waals surface area contributed by atoms with Crippen LogP contribution in [0.2, 0.25) is 0 Å². The van der Waals surface area contributed by atoms with Crippen LogP contribution in [0.1, 0.15) is 15.9 Å². The monoisotopic (exact) mass is 543 g/mol. The number of thioether (sulfide) groups is 1. The normalized spacial score (nSPS) is 13.3. The number of tetrazole rings is 1. The van der Waals surface area contributed by atoms with E-state index in [-0.39, 0.29) is 17.6 Å². The van der Waals surface area contributed by atoms with Gasteiger partial charge in [0.15, 0.2) is 0 Å². The van der Waals surface area contributed by atoms with Crippen molar-refractivity contribution in [1.29, 1.82) is 0 Å². The molecule has 1 aliphatic heterocycles. The van der Waals surface area contributed by atoms with Gasteiger partial charge in [-0.1, -0.05) is 29.5 Å². The van der Waals surface area contributed by atoms with Gasteiger partial charge in [-0.25, -0.2) is 0 Å². The maximum atomic E-state index is 12.8. The fourth-order valence-electron chi connectivity index (χ4n) is 4.37. The van der Waals surface area contributed by atoms with Crippen molar-refractivity contribution in [2.75, 3.05) is 49.3 Å². The Bertz CT molecular complexity index is 1430. The summed E-state index contributed by atoms with van der Waals surface area (Å²) in [5.74, 6) is 0.824. The van der Waals surface area contributed by atoms with E-state index >= 15 is 0 Å². The van der Waals surface area contributed by atoms with Gasteiger partial charge in [-0.3, -0.25) is 9.59 Å². The SMILES string of the molecule is COc1ccc(-n2nnnc2SCC(=O)Nc2ccc(N3CCN(C(=O)c4cccc(C)c4)CC3)cc2)cc1. The van der Waals surface area contributed by atoms with Gasteiger partial charge in [-0.15, -0.1) is 5.10 Å². The highest BCUT2D eigenvalue weighted by atomic mass is 32.2. The highest BCUT2D eigenvalue weighted by Crippen LogP contribution is 2.23. The van der Waals surface area contributed by atoms with E-state index in [1.165, 1.54) is 11.8 Å². The molecule has 2 heterocycles. The number of anilines is 2. The number of carbonyl (C=O) groups excluding carboxylic acids is 2. The van der Waals surface area contributed by atoms with E-state index in [1.54, 1.807) is 11.8 Å². The number of hydrogen-bond donors (Lipinski definition) is 1. The van der Waals surface area contributed by atoms with E-state index in [4.69, 9.17) is 4.74 Å². The molecular weight excluding hydrogens is 514 g/mol. The second kappa shape index (κ2) is 12.0. The van der Waals surface area contributed by atoms with Crippen molar-refractivity contribution in [3.8, 4) is 11.4 Å². The molecule has 39 heavy (non-hydrogen) atoms. The highest BCUT2D eigenvalue weighted by molar-refractivity contribution is 7.99. The van der Waals surface area contributed by atoms with Gasteiger partial charge in [0.1, 0.15) is 5.75 Å². The second-order valence-corrected chi connectivity index (χ2v) is 10.0. The van der Waals surface area contributed by atoms with Crippen LogP contribution in [-0.4, -0.2) is 76.0 Å². The fraction of sp³-hybridized carbons (Fsp3) is 0.250. The van der Waals surface area contributed by atoms with Gasteiger partial charge in [-0.05, 0) is 78.0 Å². The Kier molecular flexibility index (Phi) is 8.07. The lowest BCUT2D eigenvalue weighted by Gasteiger charge is -2.36. The lowest BCUT2D eigenvalue weighted by atomic mass is 10.1. The van der Waals surface area contributed by atoms with Gasteiger partial charge in [0.05, 0.1) is 18.6 Å². The maximum absolute atomic E-state index is 12.8. The van der Waals surface area contributed by atoms with Crippen molar-refractivity contribution in [2.24, 2.45) is 0 Å². The molecule has 5 rings (SSSR count). The minimum absolute atomic E-state index is 0.0762. The number of amides is 2. The lowest BCUT2D eigenvalue weighted by Crippen LogP contribution is -2.48. The molecule has 1 aromatic heterocycles. The average Bonchev–Trinajstić information content (AvgIpc) is 3.45. The van der Waals surface area contributed by atoms with Crippen molar-refractivity contribution >= 4 is 35.0 Å². The Hall–Kier alpha value is -4.38. The minimum Gasteiger partial charge on any atom is -0.497 e. The summed E-state index contributed by atoms with van der Waals surface area (Å²) in [6, 6.07) is 22.8. The molecule has 1 fully saturated rings. The number of aromatic nitrogens is 4. The summed E-state index contributed by atoms with van der Waals surface area (Å²) in [6.07, 6.45) is 0. The van der Waals surface area contributed by atoms with Gasteiger partial charge in [0.25, 0.3) is 5.91 Å². The molecule has 11 heteroatoms. The van der Waals surface area contributed by atoms with Crippen LogP contribution in [0.15, 0.2) is 78.0 Å². The van der Waals surface area contributed by atoms with Gasteiger partial charge < -0.3 is 19.9 Å². The van der Waals surface area contributed by atoms with Crippen molar-refractivity contribution in [3.05, 3.63) is 83.9 Å². The molecule has 0 spiro atoms. The molecule has 0 bridgehead atoms. The summed E-state index contributed by atoms with van der Waals surface area (Å²) in [7, 11) is 1.61. The van der Waals surface area contributed by atoms with Crippen LogP contribution in [0.4, 0.5) is 11.4 Å². The van der Waals surface area contributed by atoms with Gasteiger partial charge in [0.2, 0.25) is 11.1 Å². The third-order valence-corrected chi connectivity index (χ3v) is 7.36. The van der Waals surface area contributed by atoms with Crippen LogP contribution >= 0.6 is 11.8 Å². The first-order chi connectivity index (χ1) is 19.0. The third-order valence-electron chi connectivity index (χ3n) is 6.44. The molecule has 2 amide bonds. The smallest absolute Gasteiger partial charge is 0.253 e. The van der Waals surface area contributed by atoms with Crippen LogP contribution in [0.25, 0.3) is 5.69 Å². The van der Waals surface area contributed by atoms with Gasteiger partial charge in [-0.2, -0.15) is 4.68 Å². The zero-order valence-electron chi connectivity index (χ0n) is 21.8. The lowest BCUT2D eigenvalue weighted by molar-refractivity contribution is -0.113. The molecule has 3 aromatic carbocycles. The molecule has 0 unspecified atom stereocenters. The van der Waals surface area contributed by atoms with Crippen molar-refractivity contribution < 1.29 is 14.3 Å². The number of carbonyl (C=O) groups is 2. The first-order valence-corrected chi connectivity index (χ1v) is 13.5. The first kappa shape index (κ1) is 26.2. The van der Waals surface area contributed by atoms with Crippen molar-refractivity contribution in [1.82, 2.24) is 25.1 Å². The predicted octanol–water partition coefficient (Wildman–Crippen LogP) is 3.67. The van der Waals surface area contributed by atoms with Gasteiger partial charge >= 0.3 is 0 Å². The van der Waals surface area contributed by atoms with E-state index in [9.17, 15) is 9.59 Å². The Labute approximate surface area is 230 Å². The fourth-order valence-corrected chi connectivity index (χ4v) is 5.06. The largest absolute Gasteiger partial charge is 0.497 e. The predicted molar refractivity (Wildman–Crippen MR) is 151 cm³/mol. The number of methoxy groups -OCH3 is 1. The minimum atomic E-state index is -0.152. The zero-order chi connectivity index (χ0) is 27.2. The molecule has 1 aliphatic rings. The number of hydrogen-bond acceptors (Lipinski definition) is 8. The molecule has 0 atom stereocenters. The number of aryl methyl sites for hydroxylation is 1. The first-order valence-electron chi connectivity index (χ1n) is 12.6. The molecule has 4 aromatic rings. The van der Waals surface area contributed by atoms with Crippen LogP contribution in [0.3, 0.4) is 0 Å². The van der Waals surface area contributed by atoms with Crippen LogP contribution in [-0.2, 0) is 4.79 Å². The Morgan fingerprint density at radius 3 is 2.36 bits per heavy atom. The molecule has 0 aliphatic carbocycles.